The average molecular weight is 348 g/mol. The van der Waals surface area contributed by atoms with Crippen LogP contribution in [0, 0.1) is 5.92 Å². The van der Waals surface area contributed by atoms with Crippen molar-refractivity contribution in [2.75, 3.05) is 18.4 Å². The van der Waals surface area contributed by atoms with E-state index >= 15 is 0 Å². The second kappa shape index (κ2) is 8.41. The molecule has 0 fully saturated rings. The van der Waals surface area contributed by atoms with E-state index in [-0.39, 0.29) is 6.03 Å². The van der Waals surface area contributed by atoms with Crippen molar-refractivity contribution in [3.8, 4) is 0 Å². The number of amides is 2. The fourth-order valence-electron chi connectivity index (χ4n) is 1.74. The molecule has 2 amide bonds. The summed E-state index contributed by atoms with van der Waals surface area (Å²) in [6.07, 6.45) is 0.497. The Morgan fingerprint density at radius 1 is 1.38 bits per heavy atom. The SMILES string of the molecule is CC(C)CN(CCC(N)=S)C(=O)Nc1ccc(Cl)c(Cl)c1. The number of nitrogens with zero attached hydrogens (tertiary/aromatic N) is 1. The summed E-state index contributed by atoms with van der Waals surface area (Å²) in [4.78, 5) is 14.4. The molecule has 0 unspecified atom stereocenters. The third-order valence-electron chi connectivity index (χ3n) is 2.67. The smallest absolute Gasteiger partial charge is 0.321 e. The molecule has 0 aliphatic rings. The largest absolute Gasteiger partial charge is 0.393 e. The van der Waals surface area contributed by atoms with E-state index in [9.17, 15) is 4.79 Å². The molecule has 1 rings (SSSR count). The predicted molar refractivity (Wildman–Crippen MR) is 93.3 cm³/mol. The van der Waals surface area contributed by atoms with E-state index in [1.807, 2.05) is 13.8 Å². The van der Waals surface area contributed by atoms with Crippen LogP contribution in [0.4, 0.5) is 10.5 Å². The molecular formula is C14H19Cl2N3OS. The number of rotatable bonds is 6. The quantitative estimate of drug-likeness (QED) is 0.759. The van der Waals surface area contributed by atoms with E-state index in [0.29, 0.717) is 46.1 Å². The van der Waals surface area contributed by atoms with Crippen LogP contribution in [0.1, 0.15) is 20.3 Å². The summed E-state index contributed by atoms with van der Waals surface area (Å²) in [5, 5.41) is 3.64. The highest BCUT2D eigenvalue weighted by Gasteiger charge is 2.15. The van der Waals surface area contributed by atoms with E-state index in [4.69, 9.17) is 41.2 Å². The van der Waals surface area contributed by atoms with Gasteiger partial charge in [-0.15, -0.1) is 0 Å². The standard InChI is InChI=1S/C14H19Cl2N3OS/c1-9(2)8-19(6-5-13(17)21)14(20)18-10-3-4-11(15)12(16)7-10/h3-4,7,9H,5-6,8H2,1-2H3,(H2,17,21)(H,18,20). The third-order valence-corrected chi connectivity index (χ3v) is 3.61. The van der Waals surface area contributed by atoms with Gasteiger partial charge in [0.25, 0.3) is 0 Å². The highest BCUT2D eigenvalue weighted by atomic mass is 35.5. The number of nitrogens with two attached hydrogens (primary N) is 1. The average Bonchev–Trinajstić information content (AvgIpc) is 2.38. The van der Waals surface area contributed by atoms with Gasteiger partial charge in [-0.1, -0.05) is 49.3 Å². The maximum Gasteiger partial charge on any atom is 0.321 e. The van der Waals surface area contributed by atoms with Gasteiger partial charge in [0.05, 0.1) is 15.0 Å². The lowest BCUT2D eigenvalue weighted by Gasteiger charge is -2.24. The molecule has 116 valence electrons. The number of halogens is 2. The highest BCUT2D eigenvalue weighted by Crippen LogP contribution is 2.25. The molecule has 0 aliphatic carbocycles. The van der Waals surface area contributed by atoms with Crippen molar-refractivity contribution < 1.29 is 4.79 Å². The molecule has 0 aliphatic heterocycles. The van der Waals surface area contributed by atoms with E-state index < -0.39 is 0 Å². The number of hydrogen-bond donors (Lipinski definition) is 2. The van der Waals surface area contributed by atoms with Gasteiger partial charge in [-0.25, -0.2) is 4.79 Å². The zero-order chi connectivity index (χ0) is 16.0. The zero-order valence-corrected chi connectivity index (χ0v) is 14.4. The Kier molecular flexibility index (Phi) is 7.22. The van der Waals surface area contributed by atoms with Crippen molar-refractivity contribution in [1.29, 1.82) is 0 Å². The molecule has 3 N–H and O–H groups in total. The number of urea groups is 1. The zero-order valence-electron chi connectivity index (χ0n) is 12.0. The maximum absolute atomic E-state index is 12.3. The fraction of sp³-hybridized carbons (Fsp3) is 0.429. The lowest BCUT2D eigenvalue weighted by atomic mass is 10.2. The summed E-state index contributed by atoms with van der Waals surface area (Å²) in [6.45, 7) is 5.19. The van der Waals surface area contributed by atoms with Crippen molar-refractivity contribution in [2.45, 2.75) is 20.3 Å². The summed E-state index contributed by atoms with van der Waals surface area (Å²) < 4.78 is 0. The van der Waals surface area contributed by atoms with Crippen molar-refractivity contribution in [3.05, 3.63) is 28.2 Å². The summed E-state index contributed by atoms with van der Waals surface area (Å²) >= 11 is 16.6. The van der Waals surface area contributed by atoms with Gasteiger partial charge in [-0.05, 0) is 24.1 Å². The highest BCUT2D eigenvalue weighted by molar-refractivity contribution is 7.80. The number of benzene rings is 1. The van der Waals surface area contributed by atoms with Crippen LogP contribution in [-0.4, -0.2) is 29.0 Å². The molecule has 0 atom stereocenters. The van der Waals surface area contributed by atoms with Crippen LogP contribution >= 0.6 is 35.4 Å². The lowest BCUT2D eigenvalue weighted by molar-refractivity contribution is 0.206. The van der Waals surface area contributed by atoms with E-state index in [1.165, 1.54) is 0 Å². The fourth-order valence-corrected chi connectivity index (χ4v) is 2.13. The number of anilines is 1. The Balaban J connectivity index is 2.74. The van der Waals surface area contributed by atoms with Crippen molar-refractivity contribution in [3.63, 3.8) is 0 Å². The van der Waals surface area contributed by atoms with Gasteiger partial charge in [0.1, 0.15) is 0 Å². The van der Waals surface area contributed by atoms with Crippen molar-refractivity contribution in [2.24, 2.45) is 11.7 Å². The maximum atomic E-state index is 12.3. The van der Waals surface area contributed by atoms with Crippen molar-refractivity contribution >= 4 is 52.1 Å². The van der Waals surface area contributed by atoms with E-state index in [0.717, 1.165) is 0 Å². The van der Waals surface area contributed by atoms with Crippen LogP contribution in [0.2, 0.25) is 10.0 Å². The molecular weight excluding hydrogens is 329 g/mol. The summed E-state index contributed by atoms with van der Waals surface area (Å²) in [7, 11) is 0. The van der Waals surface area contributed by atoms with Gasteiger partial charge in [0, 0.05) is 25.2 Å². The first-order valence-corrected chi connectivity index (χ1v) is 7.75. The Hall–Kier alpha value is -1.04. The van der Waals surface area contributed by atoms with E-state index in [1.54, 1.807) is 23.1 Å². The number of thiocarbonyl (C=S) groups is 1. The summed E-state index contributed by atoms with van der Waals surface area (Å²) in [5.41, 5.74) is 6.10. The number of carbonyl (C=O) groups is 1. The molecule has 21 heavy (non-hydrogen) atoms. The van der Waals surface area contributed by atoms with Gasteiger partial charge < -0.3 is 16.0 Å². The Morgan fingerprint density at radius 2 is 2.05 bits per heavy atom. The van der Waals surface area contributed by atoms with Gasteiger partial charge in [0.2, 0.25) is 0 Å². The number of carbonyl (C=O) groups excluding carboxylic acids is 1. The Labute approximate surface area is 140 Å². The first-order valence-electron chi connectivity index (χ1n) is 6.59. The van der Waals surface area contributed by atoms with Gasteiger partial charge in [-0.3, -0.25) is 0 Å². The minimum Gasteiger partial charge on any atom is -0.393 e. The molecule has 0 bridgehead atoms. The van der Waals surface area contributed by atoms with Crippen LogP contribution < -0.4 is 11.1 Å². The van der Waals surface area contributed by atoms with Crippen LogP contribution in [0.3, 0.4) is 0 Å². The second-order valence-corrected chi connectivity index (χ2v) is 6.45. The molecule has 7 heteroatoms. The monoisotopic (exact) mass is 347 g/mol. The first kappa shape index (κ1) is 18.0. The van der Waals surface area contributed by atoms with Crippen LogP contribution in [0.5, 0.6) is 0 Å². The normalized spacial score (nSPS) is 10.5. The molecule has 0 spiro atoms. The predicted octanol–water partition coefficient (Wildman–Crippen LogP) is 4.16. The van der Waals surface area contributed by atoms with Crippen LogP contribution in [0.25, 0.3) is 0 Å². The van der Waals surface area contributed by atoms with Gasteiger partial charge >= 0.3 is 6.03 Å². The molecule has 0 aromatic heterocycles. The molecule has 0 radical (unpaired) electrons. The minimum absolute atomic E-state index is 0.210. The third kappa shape index (κ3) is 6.50. The molecule has 4 nitrogen and oxygen atoms in total. The van der Waals surface area contributed by atoms with Crippen LogP contribution in [-0.2, 0) is 0 Å². The lowest BCUT2D eigenvalue weighted by Crippen LogP contribution is -2.39. The van der Waals surface area contributed by atoms with Gasteiger partial charge in [0.15, 0.2) is 0 Å². The topological polar surface area (TPSA) is 58.4 Å². The molecule has 0 saturated carbocycles. The molecule has 0 heterocycles. The van der Waals surface area contributed by atoms with E-state index in [2.05, 4.69) is 5.32 Å². The Morgan fingerprint density at radius 3 is 2.57 bits per heavy atom. The molecule has 1 aromatic rings. The first-order chi connectivity index (χ1) is 9.79. The number of nitrogens with one attached hydrogen (secondary N) is 1. The van der Waals surface area contributed by atoms with Crippen LogP contribution in [0.15, 0.2) is 18.2 Å². The number of hydrogen-bond acceptors (Lipinski definition) is 2. The Bertz CT molecular complexity index is 523. The second-order valence-electron chi connectivity index (χ2n) is 5.12. The molecule has 1 aromatic carbocycles. The van der Waals surface area contributed by atoms with Crippen molar-refractivity contribution in [1.82, 2.24) is 4.90 Å². The molecule has 0 saturated heterocycles. The minimum atomic E-state index is -0.210. The summed E-state index contributed by atoms with van der Waals surface area (Å²) in [5.74, 6) is 0.343. The summed E-state index contributed by atoms with van der Waals surface area (Å²) in [6, 6.07) is 4.75. The van der Waals surface area contributed by atoms with Gasteiger partial charge in [-0.2, -0.15) is 0 Å².